The number of aryl methyl sites for hydroxylation is 1. The van der Waals surface area contributed by atoms with E-state index in [9.17, 15) is 13.2 Å². The van der Waals surface area contributed by atoms with Crippen LogP contribution in [0, 0.1) is 12.8 Å². The van der Waals surface area contributed by atoms with E-state index in [-0.39, 0.29) is 17.6 Å². The van der Waals surface area contributed by atoms with Crippen molar-refractivity contribution < 1.29 is 22.9 Å². The van der Waals surface area contributed by atoms with Crippen molar-refractivity contribution in [2.75, 3.05) is 27.7 Å². The number of pyridine rings is 1. The second-order valence-electron chi connectivity index (χ2n) is 9.11. The number of rotatable bonds is 7. The highest BCUT2D eigenvalue weighted by Crippen LogP contribution is 2.30. The zero-order valence-electron chi connectivity index (χ0n) is 19.7. The molecule has 3 aromatic rings. The summed E-state index contributed by atoms with van der Waals surface area (Å²) in [5, 5.41) is 4.73. The predicted molar refractivity (Wildman–Crippen MR) is 134 cm³/mol. The van der Waals surface area contributed by atoms with Gasteiger partial charge >= 0.3 is 0 Å². The first-order valence-electron chi connectivity index (χ1n) is 11.4. The van der Waals surface area contributed by atoms with Crippen LogP contribution in [0.5, 0.6) is 5.75 Å². The highest BCUT2D eigenvalue weighted by molar-refractivity contribution is 7.93. The molecule has 1 atom stereocenters. The number of sulfonamides is 1. The summed E-state index contributed by atoms with van der Waals surface area (Å²) in [7, 11) is -3.26. The fourth-order valence-corrected chi connectivity index (χ4v) is 5.86. The Hall–Kier alpha value is -3.33. The number of fused-ring (bicyclic) bond motifs is 1. The molecule has 1 aliphatic rings. The second-order valence-corrected chi connectivity index (χ2v) is 11.1. The maximum Gasteiger partial charge on any atom is 0.278 e. The number of nitrogens with one attached hydrogen (secondary N) is 2. The van der Waals surface area contributed by atoms with E-state index in [4.69, 9.17) is 10.5 Å². The number of aromatic nitrogens is 1. The molecule has 180 valence electrons. The van der Waals surface area contributed by atoms with Crippen LogP contribution in [0.25, 0.3) is 10.8 Å². The Bertz CT molecular complexity index is 1320. The second kappa shape index (κ2) is 9.50. The van der Waals surface area contributed by atoms with Gasteiger partial charge in [-0.15, -0.1) is 0 Å². The summed E-state index contributed by atoms with van der Waals surface area (Å²) >= 11 is 0. The summed E-state index contributed by atoms with van der Waals surface area (Å²) < 4.78 is 32.1. The molecule has 9 heteroatoms. The van der Waals surface area contributed by atoms with Crippen LogP contribution in [-0.2, 0) is 14.8 Å². The predicted octanol–water partition coefficient (Wildman–Crippen LogP) is 3.52. The molecule has 4 N–H and O–H groups in total. The van der Waals surface area contributed by atoms with Gasteiger partial charge in [-0.1, -0.05) is 19.9 Å². The van der Waals surface area contributed by atoms with Gasteiger partial charge in [0.25, 0.3) is 11.7 Å². The van der Waals surface area contributed by atoms with Crippen molar-refractivity contribution in [3.05, 3.63) is 54.2 Å². The minimum Gasteiger partial charge on any atom is -0.481 e. The Balaban J connectivity index is 1.53. The maximum atomic E-state index is 13.2. The number of nitrogen functional groups attached to an aromatic ring is 1. The fraction of sp³-hybridized carbons (Fsp3) is 0.360. The molecule has 1 amide bonds. The van der Waals surface area contributed by atoms with Crippen molar-refractivity contribution in [1.82, 2.24) is 0 Å². The number of hydrogen-bond acceptors (Lipinski definition) is 5. The number of hydrogen-bond donors (Lipinski definition) is 2. The maximum absolute atomic E-state index is 13.2. The first-order valence-corrected chi connectivity index (χ1v) is 13.0. The van der Waals surface area contributed by atoms with Crippen LogP contribution >= 0.6 is 0 Å². The van der Waals surface area contributed by atoms with Gasteiger partial charge in [-0.25, -0.2) is 13.4 Å². The van der Waals surface area contributed by atoms with Crippen LogP contribution < -0.4 is 25.1 Å². The summed E-state index contributed by atoms with van der Waals surface area (Å²) in [6.07, 6.45) is 2.22. The summed E-state index contributed by atoms with van der Waals surface area (Å²) in [6, 6.07) is 12.8. The highest BCUT2D eigenvalue weighted by atomic mass is 32.2. The molecule has 1 fully saturated rings. The standard InChI is InChI=1S/C25H30N4O4S/c1-16(2)13-23(33-20-7-5-18-9-10-27-24(26)21(18)15-20)25(30)28-19-6-8-22(17(3)14-19)29-11-4-12-34(29,31)32/h5-10,14-16,23H,4,11-13H2,1-3H3,(H2,26,27)(H,28,30)/p+1. The van der Waals surface area contributed by atoms with Crippen molar-refractivity contribution in [2.45, 2.75) is 39.7 Å². The summed E-state index contributed by atoms with van der Waals surface area (Å²) in [6.45, 7) is 6.39. The molecule has 1 unspecified atom stereocenters. The van der Waals surface area contributed by atoms with E-state index in [1.54, 1.807) is 24.4 Å². The number of aromatic amines is 1. The van der Waals surface area contributed by atoms with Crippen molar-refractivity contribution in [3.8, 4) is 5.75 Å². The van der Waals surface area contributed by atoms with Crippen LogP contribution in [0.4, 0.5) is 17.2 Å². The van der Waals surface area contributed by atoms with Crippen LogP contribution in [0.3, 0.4) is 0 Å². The third-order valence-corrected chi connectivity index (χ3v) is 7.76. The number of amides is 1. The van der Waals surface area contributed by atoms with E-state index < -0.39 is 16.1 Å². The zero-order valence-corrected chi connectivity index (χ0v) is 20.5. The number of carbonyl (C=O) groups is 1. The van der Waals surface area contributed by atoms with Gasteiger partial charge in [0.05, 0.1) is 23.0 Å². The zero-order chi connectivity index (χ0) is 24.5. The van der Waals surface area contributed by atoms with Crippen molar-refractivity contribution in [2.24, 2.45) is 5.92 Å². The first-order chi connectivity index (χ1) is 16.1. The largest absolute Gasteiger partial charge is 0.481 e. The molecule has 0 bridgehead atoms. The van der Waals surface area contributed by atoms with Gasteiger partial charge in [0.2, 0.25) is 10.0 Å². The van der Waals surface area contributed by atoms with E-state index >= 15 is 0 Å². The molecule has 34 heavy (non-hydrogen) atoms. The lowest BCUT2D eigenvalue weighted by Gasteiger charge is -2.22. The van der Waals surface area contributed by atoms with Gasteiger partial charge < -0.3 is 10.1 Å². The highest BCUT2D eigenvalue weighted by Gasteiger charge is 2.29. The van der Waals surface area contributed by atoms with Crippen molar-refractivity contribution in [1.29, 1.82) is 0 Å². The molecule has 1 aliphatic heterocycles. The van der Waals surface area contributed by atoms with Crippen LogP contribution in [0.1, 0.15) is 32.3 Å². The lowest BCUT2D eigenvalue weighted by molar-refractivity contribution is -0.358. The third kappa shape index (κ3) is 5.09. The smallest absolute Gasteiger partial charge is 0.278 e. The average Bonchev–Trinajstić information content (AvgIpc) is 3.12. The van der Waals surface area contributed by atoms with E-state index in [0.717, 1.165) is 16.3 Å². The van der Waals surface area contributed by atoms with E-state index in [0.29, 0.717) is 42.3 Å². The van der Waals surface area contributed by atoms with Crippen LogP contribution in [0.15, 0.2) is 48.7 Å². The normalized spacial score (nSPS) is 16.1. The lowest BCUT2D eigenvalue weighted by atomic mass is 10.0. The van der Waals surface area contributed by atoms with Crippen LogP contribution in [0.2, 0.25) is 0 Å². The molecule has 8 nitrogen and oxygen atoms in total. The minimum absolute atomic E-state index is 0.164. The SMILES string of the molecule is Cc1cc(NC(=O)C(CC(C)C)Oc2ccc3cc[nH+]c(N)c3c2)ccc1N1CCCS1(=O)=O. The van der Waals surface area contributed by atoms with Crippen molar-refractivity contribution in [3.63, 3.8) is 0 Å². The molecule has 0 spiro atoms. The number of benzene rings is 2. The molecule has 2 heterocycles. The monoisotopic (exact) mass is 483 g/mol. The van der Waals surface area contributed by atoms with Gasteiger partial charge in [0.15, 0.2) is 6.10 Å². The number of nitrogens with zero attached hydrogens (tertiary/aromatic N) is 1. The van der Waals surface area contributed by atoms with E-state index in [1.807, 2.05) is 45.0 Å². The number of ether oxygens (including phenoxy) is 1. The fourth-order valence-electron chi connectivity index (χ4n) is 4.23. The van der Waals surface area contributed by atoms with E-state index in [1.165, 1.54) is 4.31 Å². The molecule has 1 aromatic heterocycles. The number of H-pyrrole nitrogens is 1. The van der Waals surface area contributed by atoms with Gasteiger partial charge in [-0.2, -0.15) is 0 Å². The topological polar surface area (TPSA) is 116 Å². The Kier molecular flexibility index (Phi) is 6.65. The average molecular weight is 484 g/mol. The molecule has 2 aromatic carbocycles. The van der Waals surface area contributed by atoms with Gasteiger partial charge in [-0.3, -0.25) is 14.8 Å². The number of anilines is 3. The quantitative estimate of drug-likeness (QED) is 0.533. The first kappa shape index (κ1) is 23.8. The van der Waals surface area contributed by atoms with Crippen molar-refractivity contribution >= 4 is 43.9 Å². The van der Waals surface area contributed by atoms with Gasteiger partial charge in [0, 0.05) is 12.2 Å². The van der Waals surface area contributed by atoms with Gasteiger partial charge in [0.1, 0.15) is 5.75 Å². The Labute approximate surface area is 200 Å². The van der Waals surface area contributed by atoms with Crippen LogP contribution in [-0.4, -0.2) is 32.7 Å². The minimum atomic E-state index is -3.26. The summed E-state index contributed by atoms with van der Waals surface area (Å²) in [4.78, 5) is 16.1. The lowest BCUT2D eigenvalue weighted by Crippen LogP contribution is -2.34. The number of nitrogens with two attached hydrogens (primary N) is 1. The number of carbonyl (C=O) groups excluding carboxylic acids is 1. The molecule has 0 aliphatic carbocycles. The third-order valence-electron chi connectivity index (χ3n) is 5.91. The molecule has 0 radical (unpaired) electrons. The summed E-state index contributed by atoms with van der Waals surface area (Å²) in [5.74, 6) is 1.23. The molecular weight excluding hydrogens is 452 g/mol. The Morgan fingerprint density at radius 1 is 1.21 bits per heavy atom. The Morgan fingerprint density at radius 2 is 2.00 bits per heavy atom. The van der Waals surface area contributed by atoms with Gasteiger partial charge in [-0.05, 0) is 73.0 Å². The molecule has 1 saturated heterocycles. The molecule has 4 rings (SSSR count). The molecular formula is C25H31N4O4S+. The Morgan fingerprint density at radius 3 is 2.68 bits per heavy atom. The molecule has 0 saturated carbocycles. The summed E-state index contributed by atoms with van der Waals surface area (Å²) in [5.41, 5.74) is 8.08. The van der Waals surface area contributed by atoms with E-state index in [2.05, 4.69) is 10.3 Å².